The van der Waals surface area contributed by atoms with E-state index >= 15 is 0 Å². The Balaban J connectivity index is 0.00000300. The lowest BCUT2D eigenvalue weighted by Crippen LogP contribution is -2.48. The van der Waals surface area contributed by atoms with Crippen molar-refractivity contribution in [3.8, 4) is 0 Å². The summed E-state index contributed by atoms with van der Waals surface area (Å²) in [6, 6.07) is 10.9. The molecule has 0 saturated heterocycles. The zero-order valence-electron chi connectivity index (χ0n) is 17.7. The maximum atomic E-state index is 12.0. The molecule has 1 heterocycles. The zero-order valence-corrected chi connectivity index (χ0v) is 20.0. The molecule has 2 aromatic rings. The van der Waals surface area contributed by atoms with Gasteiger partial charge in [0, 0.05) is 44.3 Å². The van der Waals surface area contributed by atoms with Gasteiger partial charge in [0.05, 0.1) is 0 Å². The molecule has 3 rings (SSSR count). The van der Waals surface area contributed by atoms with Gasteiger partial charge in [-0.3, -0.25) is 4.79 Å². The predicted molar refractivity (Wildman–Crippen MR) is 131 cm³/mol. The highest BCUT2D eigenvalue weighted by atomic mass is 127. The molecule has 2 atom stereocenters. The number of aliphatic imine (C=N–C) groups is 1. The van der Waals surface area contributed by atoms with Crippen molar-refractivity contribution in [2.24, 2.45) is 10.9 Å². The highest BCUT2D eigenvalue weighted by Gasteiger charge is 2.22. The van der Waals surface area contributed by atoms with Crippen molar-refractivity contribution in [2.45, 2.75) is 45.1 Å². The van der Waals surface area contributed by atoms with Crippen LogP contribution < -0.4 is 10.6 Å². The number of halogens is 1. The molecule has 6 nitrogen and oxygen atoms in total. The van der Waals surface area contributed by atoms with Crippen LogP contribution in [0, 0.1) is 5.92 Å². The average Bonchev–Trinajstić information content (AvgIpc) is 3.10. The van der Waals surface area contributed by atoms with Gasteiger partial charge in [-0.1, -0.05) is 38.0 Å². The van der Waals surface area contributed by atoms with Gasteiger partial charge in [0.2, 0.25) is 5.91 Å². The van der Waals surface area contributed by atoms with Crippen molar-refractivity contribution in [3.63, 3.8) is 0 Å². The fraction of sp³-hybridized carbons (Fsp3) is 0.545. The summed E-state index contributed by atoms with van der Waals surface area (Å²) in [7, 11) is 3.52. The summed E-state index contributed by atoms with van der Waals surface area (Å²) in [5, 5.41) is 8.23. The number of aromatic amines is 1. The molecule has 3 N–H and O–H groups in total. The number of hydrogen-bond donors (Lipinski definition) is 3. The van der Waals surface area contributed by atoms with E-state index in [0.29, 0.717) is 12.0 Å². The Bertz CT molecular complexity index is 783. The predicted octanol–water partition coefficient (Wildman–Crippen LogP) is 3.53. The van der Waals surface area contributed by atoms with E-state index in [1.165, 1.54) is 30.3 Å². The number of likely N-dealkylation sites (N-methyl/N-ethyl adjacent to an activating group) is 1. The van der Waals surface area contributed by atoms with E-state index in [4.69, 9.17) is 0 Å². The molecule has 1 amide bonds. The second-order valence-corrected chi connectivity index (χ2v) is 8.02. The summed E-state index contributed by atoms with van der Waals surface area (Å²) < 4.78 is 0. The van der Waals surface area contributed by atoms with E-state index in [1.807, 2.05) is 6.07 Å². The Kier molecular flexibility index (Phi) is 9.26. The number of aromatic nitrogens is 1. The third kappa shape index (κ3) is 6.90. The minimum absolute atomic E-state index is 0. The van der Waals surface area contributed by atoms with Crippen LogP contribution in [0.4, 0.5) is 0 Å². The van der Waals surface area contributed by atoms with Crippen LogP contribution in [-0.2, 0) is 11.2 Å². The number of H-pyrrole nitrogens is 1. The van der Waals surface area contributed by atoms with Gasteiger partial charge in [0.1, 0.15) is 6.54 Å². The van der Waals surface area contributed by atoms with Crippen molar-refractivity contribution >= 4 is 46.7 Å². The van der Waals surface area contributed by atoms with Gasteiger partial charge in [-0.05, 0) is 36.3 Å². The Hall–Kier alpha value is -1.77. The van der Waals surface area contributed by atoms with Crippen LogP contribution in [0.2, 0.25) is 0 Å². The van der Waals surface area contributed by atoms with Crippen molar-refractivity contribution in [1.82, 2.24) is 20.5 Å². The van der Waals surface area contributed by atoms with E-state index in [9.17, 15) is 4.79 Å². The summed E-state index contributed by atoms with van der Waals surface area (Å²) >= 11 is 0. The molecule has 1 aliphatic rings. The molecule has 2 unspecified atom stereocenters. The van der Waals surface area contributed by atoms with Crippen LogP contribution in [0.15, 0.2) is 35.3 Å². The number of benzene rings is 1. The number of rotatable bonds is 6. The Morgan fingerprint density at radius 3 is 2.72 bits per heavy atom. The van der Waals surface area contributed by atoms with E-state index in [2.05, 4.69) is 51.8 Å². The van der Waals surface area contributed by atoms with Gasteiger partial charge in [-0.25, -0.2) is 4.99 Å². The molecular formula is C22H34IN5O. The Morgan fingerprint density at radius 1 is 1.24 bits per heavy atom. The molecule has 0 bridgehead atoms. The largest absolute Gasteiger partial charge is 0.358 e. The third-order valence-electron chi connectivity index (χ3n) is 5.58. The van der Waals surface area contributed by atoms with Gasteiger partial charge in [-0.2, -0.15) is 0 Å². The highest BCUT2D eigenvalue weighted by Crippen LogP contribution is 2.23. The number of nitrogens with one attached hydrogen (secondary N) is 3. The average molecular weight is 511 g/mol. The number of guanidine groups is 1. The summed E-state index contributed by atoms with van der Waals surface area (Å²) in [5.74, 6) is 1.37. The smallest absolute Gasteiger partial charge is 0.243 e. The third-order valence-corrected chi connectivity index (χ3v) is 5.58. The number of amides is 1. The summed E-state index contributed by atoms with van der Waals surface area (Å²) in [6.45, 7) is 3.22. The molecule has 1 saturated carbocycles. The van der Waals surface area contributed by atoms with Crippen molar-refractivity contribution in [1.29, 1.82) is 0 Å². The highest BCUT2D eigenvalue weighted by molar-refractivity contribution is 14.0. The Labute approximate surface area is 190 Å². The van der Waals surface area contributed by atoms with Crippen LogP contribution in [0.25, 0.3) is 10.9 Å². The number of hydrogen-bond acceptors (Lipinski definition) is 2. The molecular weight excluding hydrogens is 477 g/mol. The minimum Gasteiger partial charge on any atom is -0.358 e. The SMILES string of the molecule is CC1CCCCC1NC(=NCC(=O)N(C)C)NCCc1cc2ccccc2[nH]1.I. The topological polar surface area (TPSA) is 72.5 Å². The second-order valence-electron chi connectivity index (χ2n) is 8.02. The van der Waals surface area contributed by atoms with Crippen LogP contribution >= 0.6 is 24.0 Å². The summed E-state index contributed by atoms with van der Waals surface area (Å²) in [5.41, 5.74) is 2.36. The van der Waals surface area contributed by atoms with Crippen LogP contribution in [0.1, 0.15) is 38.3 Å². The lowest BCUT2D eigenvalue weighted by Gasteiger charge is -2.31. The first-order chi connectivity index (χ1) is 13.5. The quantitative estimate of drug-likeness (QED) is 0.316. The molecule has 0 aliphatic heterocycles. The van der Waals surface area contributed by atoms with Gasteiger partial charge >= 0.3 is 0 Å². The first-order valence-electron chi connectivity index (χ1n) is 10.3. The molecule has 7 heteroatoms. The van der Waals surface area contributed by atoms with Crippen molar-refractivity contribution in [3.05, 3.63) is 36.0 Å². The standard InChI is InChI=1S/C22H33N5O.HI/c1-16-8-4-6-10-19(16)26-22(24-15-21(28)27(2)3)23-13-12-18-14-17-9-5-7-11-20(17)25-18;/h5,7,9,11,14,16,19,25H,4,6,8,10,12-13,15H2,1-3H3,(H2,23,24,26);1H. The summed E-state index contributed by atoms with van der Waals surface area (Å²) in [4.78, 5) is 21.5. The molecule has 1 fully saturated rings. The minimum atomic E-state index is 0. The van der Waals surface area contributed by atoms with Crippen LogP contribution in [0.5, 0.6) is 0 Å². The zero-order chi connectivity index (χ0) is 19.9. The number of para-hydroxylation sites is 1. The first kappa shape index (κ1) is 23.5. The monoisotopic (exact) mass is 511 g/mol. The maximum Gasteiger partial charge on any atom is 0.243 e. The van der Waals surface area contributed by atoms with Gasteiger partial charge in [-0.15, -0.1) is 24.0 Å². The van der Waals surface area contributed by atoms with E-state index in [0.717, 1.165) is 30.9 Å². The maximum absolute atomic E-state index is 12.0. The lowest BCUT2D eigenvalue weighted by molar-refractivity contribution is -0.127. The number of fused-ring (bicyclic) bond motifs is 1. The van der Waals surface area contributed by atoms with E-state index in [1.54, 1.807) is 19.0 Å². The number of carbonyl (C=O) groups excluding carboxylic acids is 1. The Morgan fingerprint density at radius 2 is 2.00 bits per heavy atom. The molecule has 29 heavy (non-hydrogen) atoms. The fourth-order valence-electron chi connectivity index (χ4n) is 3.73. The van der Waals surface area contributed by atoms with Gasteiger partial charge < -0.3 is 20.5 Å². The fourth-order valence-corrected chi connectivity index (χ4v) is 3.73. The van der Waals surface area contributed by atoms with E-state index in [-0.39, 0.29) is 36.4 Å². The van der Waals surface area contributed by atoms with Crippen LogP contribution in [0.3, 0.4) is 0 Å². The van der Waals surface area contributed by atoms with Crippen molar-refractivity contribution in [2.75, 3.05) is 27.2 Å². The lowest BCUT2D eigenvalue weighted by atomic mass is 9.86. The molecule has 1 aromatic carbocycles. The van der Waals surface area contributed by atoms with Crippen LogP contribution in [-0.4, -0.2) is 55.0 Å². The summed E-state index contributed by atoms with van der Waals surface area (Å²) in [6.07, 6.45) is 5.83. The second kappa shape index (κ2) is 11.4. The van der Waals surface area contributed by atoms with E-state index < -0.39 is 0 Å². The number of nitrogens with zero attached hydrogens (tertiary/aromatic N) is 2. The van der Waals surface area contributed by atoms with Gasteiger partial charge in [0.25, 0.3) is 0 Å². The normalized spacial score (nSPS) is 19.5. The number of carbonyl (C=O) groups is 1. The first-order valence-corrected chi connectivity index (χ1v) is 10.3. The molecule has 0 radical (unpaired) electrons. The molecule has 0 spiro atoms. The van der Waals surface area contributed by atoms with Gasteiger partial charge in [0.15, 0.2) is 5.96 Å². The molecule has 1 aromatic heterocycles. The van der Waals surface area contributed by atoms with Crippen molar-refractivity contribution < 1.29 is 4.79 Å². The molecule has 1 aliphatic carbocycles. The molecule has 160 valence electrons.